The standard InChI is InChI=1S/C22H27F2N3O2/c23-22(24)29-20-9-5-4-8-19(20)10-11-25-21(28)17-27-14-12-26(13-15-27)16-18-6-2-1-3-7-18/h1-9,22H,10-17H2,(H,25,28). The van der Waals surface area contributed by atoms with Crippen molar-refractivity contribution in [1.29, 1.82) is 0 Å². The van der Waals surface area contributed by atoms with Crippen LogP contribution in [-0.2, 0) is 17.8 Å². The Morgan fingerprint density at radius 2 is 1.62 bits per heavy atom. The van der Waals surface area contributed by atoms with Crippen molar-refractivity contribution >= 4 is 5.91 Å². The number of benzene rings is 2. The molecule has 0 bridgehead atoms. The Balaban J connectivity index is 1.35. The van der Waals surface area contributed by atoms with E-state index in [1.54, 1.807) is 18.2 Å². The van der Waals surface area contributed by atoms with Crippen LogP contribution in [0.5, 0.6) is 5.75 Å². The topological polar surface area (TPSA) is 44.8 Å². The molecule has 1 amide bonds. The first-order valence-electron chi connectivity index (χ1n) is 9.88. The molecule has 0 radical (unpaired) electrons. The second-order valence-electron chi connectivity index (χ2n) is 7.12. The van der Waals surface area contributed by atoms with E-state index in [4.69, 9.17) is 0 Å². The quantitative estimate of drug-likeness (QED) is 0.699. The van der Waals surface area contributed by atoms with Crippen LogP contribution < -0.4 is 10.1 Å². The molecule has 29 heavy (non-hydrogen) atoms. The van der Waals surface area contributed by atoms with Crippen LogP contribution in [-0.4, -0.2) is 61.6 Å². The van der Waals surface area contributed by atoms with Gasteiger partial charge < -0.3 is 10.1 Å². The van der Waals surface area contributed by atoms with Crippen LogP contribution in [0.15, 0.2) is 54.6 Å². The first-order chi connectivity index (χ1) is 14.1. The highest BCUT2D eigenvalue weighted by atomic mass is 19.3. The predicted octanol–water partition coefficient (Wildman–Crippen LogP) is 2.76. The van der Waals surface area contributed by atoms with E-state index in [0.717, 1.165) is 32.7 Å². The van der Waals surface area contributed by atoms with E-state index < -0.39 is 6.61 Å². The van der Waals surface area contributed by atoms with Gasteiger partial charge in [-0.3, -0.25) is 14.6 Å². The lowest BCUT2D eigenvalue weighted by Gasteiger charge is -2.34. The lowest BCUT2D eigenvalue weighted by atomic mass is 10.1. The molecule has 2 aromatic carbocycles. The normalized spacial score (nSPS) is 15.4. The number of hydrogen-bond acceptors (Lipinski definition) is 4. The van der Waals surface area contributed by atoms with Crippen molar-refractivity contribution < 1.29 is 18.3 Å². The van der Waals surface area contributed by atoms with Crippen molar-refractivity contribution in [2.75, 3.05) is 39.3 Å². The Morgan fingerprint density at radius 3 is 2.34 bits per heavy atom. The summed E-state index contributed by atoms with van der Waals surface area (Å²) in [5.74, 6) is 0.111. The number of hydrogen-bond donors (Lipinski definition) is 1. The molecule has 1 heterocycles. The van der Waals surface area contributed by atoms with Gasteiger partial charge in [0, 0.05) is 39.3 Å². The Hall–Kier alpha value is -2.51. The molecule has 1 aliphatic rings. The highest BCUT2D eigenvalue weighted by Gasteiger charge is 2.19. The molecule has 2 aromatic rings. The summed E-state index contributed by atoms with van der Waals surface area (Å²) in [6.45, 7) is 2.38. The molecular formula is C22H27F2N3O2. The van der Waals surface area contributed by atoms with E-state index >= 15 is 0 Å². The third-order valence-corrected chi connectivity index (χ3v) is 4.99. The van der Waals surface area contributed by atoms with Gasteiger partial charge in [-0.25, -0.2) is 0 Å². The van der Waals surface area contributed by atoms with E-state index in [1.165, 1.54) is 11.6 Å². The number of carbonyl (C=O) groups excluding carboxylic acids is 1. The molecule has 1 fully saturated rings. The number of ether oxygens (including phenoxy) is 1. The fourth-order valence-electron chi connectivity index (χ4n) is 3.46. The molecule has 1 aliphatic heterocycles. The highest BCUT2D eigenvalue weighted by Crippen LogP contribution is 2.20. The van der Waals surface area contributed by atoms with Gasteiger partial charge in [-0.15, -0.1) is 0 Å². The molecule has 3 rings (SSSR count). The minimum Gasteiger partial charge on any atom is -0.435 e. The summed E-state index contributed by atoms with van der Waals surface area (Å²) in [6, 6.07) is 17.0. The van der Waals surface area contributed by atoms with Crippen LogP contribution >= 0.6 is 0 Å². The lowest BCUT2D eigenvalue weighted by Crippen LogP contribution is -2.49. The van der Waals surface area contributed by atoms with Gasteiger partial charge >= 0.3 is 6.61 Å². The zero-order valence-electron chi connectivity index (χ0n) is 16.4. The minimum absolute atomic E-state index is 0.0474. The van der Waals surface area contributed by atoms with Gasteiger partial charge in [0.1, 0.15) is 5.75 Å². The maximum atomic E-state index is 12.5. The fraction of sp³-hybridized carbons (Fsp3) is 0.409. The zero-order chi connectivity index (χ0) is 20.5. The van der Waals surface area contributed by atoms with Gasteiger partial charge in [-0.2, -0.15) is 8.78 Å². The Kier molecular flexibility index (Phi) is 7.95. The molecule has 0 aliphatic carbocycles. The molecule has 7 heteroatoms. The molecular weight excluding hydrogens is 376 g/mol. The van der Waals surface area contributed by atoms with Crippen molar-refractivity contribution in [3.05, 3.63) is 65.7 Å². The highest BCUT2D eigenvalue weighted by molar-refractivity contribution is 5.78. The third-order valence-electron chi connectivity index (χ3n) is 4.99. The summed E-state index contributed by atoms with van der Waals surface area (Å²) in [7, 11) is 0. The average molecular weight is 403 g/mol. The summed E-state index contributed by atoms with van der Waals surface area (Å²) >= 11 is 0. The van der Waals surface area contributed by atoms with Crippen LogP contribution in [0.1, 0.15) is 11.1 Å². The number of carbonyl (C=O) groups is 1. The van der Waals surface area contributed by atoms with E-state index in [9.17, 15) is 13.6 Å². The van der Waals surface area contributed by atoms with E-state index in [-0.39, 0.29) is 11.7 Å². The first-order valence-corrected chi connectivity index (χ1v) is 9.88. The first kappa shape index (κ1) is 21.2. The number of nitrogens with one attached hydrogen (secondary N) is 1. The molecule has 1 N–H and O–H groups in total. The SMILES string of the molecule is O=C(CN1CCN(Cc2ccccc2)CC1)NCCc1ccccc1OC(F)F. The van der Waals surface area contributed by atoms with Crippen LogP contribution in [0.4, 0.5) is 8.78 Å². The third kappa shape index (κ3) is 7.11. The molecule has 1 saturated heterocycles. The van der Waals surface area contributed by atoms with Crippen LogP contribution in [0.3, 0.4) is 0 Å². The number of rotatable bonds is 9. The number of nitrogens with zero attached hydrogens (tertiary/aromatic N) is 2. The summed E-state index contributed by atoms with van der Waals surface area (Å²) in [6.07, 6.45) is 0.444. The number of piperazine rings is 1. The van der Waals surface area contributed by atoms with Crippen molar-refractivity contribution in [2.24, 2.45) is 0 Å². The Morgan fingerprint density at radius 1 is 0.966 bits per heavy atom. The lowest BCUT2D eigenvalue weighted by molar-refractivity contribution is -0.122. The molecule has 0 spiro atoms. The monoisotopic (exact) mass is 403 g/mol. The number of amides is 1. The largest absolute Gasteiger partial charge is 0.435 e. The van der Waals surface area contributed by atoms with Gasteiger partial charge in [0.25, 0.3) is 0 Å². The Labute approximate surface area is 170 Å². The second kappa shape index (κ2) is 10.9. The predicted molar refractivity (Wildman–Crippen MR) is 108 cm³/mol. The van der Waals surface area contributed by atoms with Crippen LogP contribution in [0.25, 0.3) is 0 Å². The van der Waals surface area contributed by atoms with Gasteiger partial charge in [-0.05, 0) is 23.6 Å². The van der Waals surface area contributed by atoms with Gasteiger partial charge in [0.2, 0.25) is 5.91 Å². The van der Waals surface area contributed by atoms with Gasteiger partial charge in [-0.1, -0.05) is 48.5 Å². The van der Waals surface area contributed by atoms with Gasteiger partial charge in [0.15, 0.2) is 0 Å². The maximum absolute atomic E-state index is 12.5. The number of halogens is 2. The number of alkyl halides is 2. The van der Waals surface area contributed by atoms with E-state index in [0.29, 0.717) is 25.1 Å². The molecule has 0 unspecified atom stereocenters. The Bertz CT molecular complexity index is 766. The van der Waals surface area contributed by atoms with Crippen molar-refractivity contribution in [1.82, 2.24) is 15.1 Å². The summed E-state index contributed by atoms with van der Waals surface area (Å²) < 4.78 is 29.4. The van der Waals surface area contributed by atoms with Gasteiger partial charge in [0.05, 0.1) is 6.54 Å². The minimum atomic E-state index is -2.86. The van der Waals surface area contributed by atoms with Crippen LogP contribution in [0, 0.1) is 0 Å². The smallest absolute Gasteiger partial charge is 0.387 e. The molecule has 5 nitrogen and oxygen atoms in total. The van der Waals surface area contributed by atoms with Crippen molar-refractivity contribution in [3.8, 4) is 5.75 Å². The van der Waals surface area contributed by atoms with E-state index in [2.05, 4.69) is 32.0 Å². The molecule has 0 aromatic heterocycles. The molecule has 156 valence electrons. The average Bonchev–Trinajstić information content (AvgIpc) is 2.71. The maximum Gasteiger partial charge on any atom is 0.387 e. The van der Waals surface area contributed by atoms with Crippen LogP contribution in [0.2, 0.25) is 0 Å². The fourth-order valence-corrected chi connectivity index (χ4v) is 3.46. The van der Waals surface area contributed by atoms with E-state index in [1.807, 2.05) is 18.2 Å². The summed E-state index contributed by atoms with van der Waals surface area (Å²) in [5, 5.41) is 2.87. The zero-order valence-corrected chi connectivity index (χ0v) is 16.4. The van der Waals surface area contributed by atoms with Crippen molar-refractivity contribution in [2.45, 2.75) is 19.6 Å². The molecule has 0 saturated carbocycles. The summed E-state index contributed by atoms with van der Waals surface area (Å²) in [4.78, 5) is 16.8. The second-order valence-corrected chi connectivity index (χ2v) is 7.12. The number of para-hydroxylation sites is 1. The summed E-state index contributed by atoms with van der Waals surface area (Å²) in [5.41, 5.74) is 1.96. The molecule has 0 atom stereocenters. The van der Waals surface area contributed by atoms with Crippen molar-refractivity contribution in [3.63, 3.8) is 0 Å².